The molecule has 18 heavy (non-hydrogen) atoms. The predicted molar refractivity (Wildman–Crippen MR) is 68.2 cm³/mol. The number of nitrogens with zero attached hydrogens (tertiary/aromatic N) is 2. The number of aromatic nitrogens is 2. The molecule has 5 heteroatoms. The lowest BCUT2D eigenvalue weighted by molar-refractivity contribution is 0.421. The standard InChI is InChI=1S/C13H10BrFN2O/c14-8-4-5-10(15)12(6-8)18-13-9-2-1-3-11(9)16-7-17-13/h4-7H,1-3H2. The van der Waals surface area contributed by atoms with Gasteiger partial charge < -0.3 is 4.74 Å². The van der Waals surface area contributed by atoms with E-state index in [4.69, 9.17) is 4.74 Å². The minimum atomic E-state index is -0.399. The Morgan fingerprint density at radius 1 is 1.22 bits per heavy atom. The van der Waals surface area contributed by atoms with Crippen molar-refractivity contribution in [3.63, 3.8) is 0 Å². The molecule has 0 radical (unpaired) electrons. The molecule has 3 nitrogen and oxygen atoms in total. The van der Waals surface area contributed by atoms with Gasteiger partial charge >= 0.3 is 0 Å². The van der Waals surface area contributed by atoms with Crippen LogP contribution in [0.3, 0.4) is 0 Å². The molecule has 2 aromatic rings. The first-order valence-electron chi connectivity index (χ1n) is 5.69. The quantitative estimate of drug-likeness (QED) is 0.849. The Hall–Kier alpha value is -1.49. The van der Waals surface area contributed by atoms with Gasteiger partial charge in [-0.2, -0.15) is 0 Å². The lowest BCUT2D eigenvalue weighted by Gasteiger charge is -2.09. The van der Waals surface area contributed by atoms with E-state index in [1.807, 2.05) is 0 Å². The fourth-order valence-electron chi connectivity index (χ4n) is 2.08. The largest absolute Gasteiger partial charge is 0.435 e. The van der Waals surface area contributed by atoms with Crippen LogP contribution in [0, 0.1) is 5.82 Å². The molecule has 3 rings (SSSR count). The number of benzene rings is 1. The molecule has 1 aromatic carbocycles. The van der Waals surface area contributed by atoms with E-state index in [1.165, 1.54) is 12.4 Å². The topological polar surface area (TPSA) is 35.0 Å². The van der Waals surface area contributed by atoms with Crippen molar-refractivity contribution in [2.45, 2.75) is 19.3 Å². The second-order valence-electron chi connectivity index (χ2n) is 4.13. The van der Waals surface area contributed by atoms with Gasteiger partial charge in [0.15, 0.2) is 11.6 Å². The first kappa shape index (κ1) is 11.6. The van der Waals surface area contributed by atoms with Crippen molar-refractivity contribution in [2.75, 3.05) is 0 Å². The number of ether oxygens (including phenoxy) is 1. The smallest absolute Gasteiger partial charge is 0.225 e. The summed E-state index contributed by atoms with van der Waals surface area (Å²) in [6, 6.07) is 4.59. The molecular weight excluding hydrogens is 299 g/mol. The highest BCUT2D eigenvalue weighted by Gasteiger charge is 2.19. The van der Waals surface area contributed by atoms with E-state index in [-0.39, 0.29) is 5.75 Å². The van der Waals surface area contributed by atoms with E-state index >= 15 is 0 Å². The maximum Gasteiger partial charge on any atom is 0.225 e. The Kier molecular flexibility index (Phi) is 2.99. The molecule has 1 aromatic heterocycles. The first-order valence-corrected chi connectivity index (χ1v) is 6.49. The lowest BCUT2D eigenvalue weighted by Crippen LogP contribution is -1.98. The van der Waals surface area contributed by atoms with E-state index in [1.54, 1.807) is 12.1 Å². The summed E-state index contributed by atoms with van der Waals surface area (Å²) in [5, 5.41) is 0. The van der Waals surface area contributed by atoms with E-state index in [0.29, 0.717) is 5.88 Å². The average Bonchev–Trinajstić information content (AvgIpc) is 2.83. The molecule has 0 unspecified atom stereocenters. The summed E-state index contributed by atoms with van der Waals surface area (Å²) in [6.07, 6.45) is 4.34. The maximum absolute atomic E-state index is 13.6. The van der Waals surface area contributed by atoms with Gasteiger partial charge in [-0.1, -0.05) is 15.9 Å². The van der Waals surface area contributed by atoms with Gasteiger partial charge in [0.2, 0.25) is 5.88 Å². The monoisotopic (exact) mass is 308 g/mol. The molecule has 0 atom stereocenters. The zero-order valence-corrected chi connectivity index (χ0v) is 11.1. The highest BCUT2D eigenvalue weighted by Crippen LogP contribution is 2.32. The van der Waals surface area contributed by atoms with Crippen molar-refractivity contribution in [1.29, 1.82) is 0 Å². The van der Waals surface area contributed by atoms with Crippen LogP contribution in [0.1, 0.15) is 17.7 Å². The van der Waals surface area contributed by atoms with Crippen LogP contribution in [-0.4, -0.2) is 9.97 Å². The van der Waals surface area contributed by atoms with Crippen molar-refractivity contribution in [1.82, 2.24) is 9.97 Å². The van der Waals surface area contributed by atoms with Crippen LogP contribution in [0.4, 0.5) is 4.39 Å². The molecule has 1 aliphatic carbocycles. The molecule has 0 saturated heterocycles. The van der Waals surface area contributed by atoms with Crippen LogP contribution >= 0.6 is 15.9 Å². The zero-order chi connectivity index (χ0) is 12.5. The van der Waals surface area contributed by atoms with Gasteiger partial charge in [-0.3, -0.25) is 0 Å². The summed E-state index contributed by atoms with van der Waals surface area (Å²) < 4.78 is 20.0. The van der Waals surface area contributed by atoms with Crippen LogP contribution < -0.4 is 4.74 Å². The van der Waals surface area contributed by atoms with Gasteiger partial charge in [0.1, 0.15) is 6.33 Å². The maximum atomic E-state index is 13.6. The van der Waals surface area contributed by atoms with E-state index < -0.39 is 5.82 Å². The molecule has 0 saturated carbocycles. The van der Waals surface area contributed by atoms with Gasteiger partial charge in [0.25, 0.3) is 0 Å². The minimum Gasteiger partial charge on any atom is -0.435 e. The van der Waals surface area contributed by atoms with Crippen molar-refractivity contribution in [3.8, 4) is 11.6 Å². The van der Waals surface area contributed by atoms with Crippen LogP contribution in [0.2, 0.25) is 0 Å². The normalized spacial score (nSPS) is 13.4. The zero-order valence-electron chi connectivity index (χ0n) is 9.49. The summed E-state index contributed by atoms with van der Waals surface area (Å²) in [4.78, 5) is 8.31. The average molecular weight is 309 g/mol. The summed E-state index contributed by atoms with van der Waals surface area (Å²) in [6.45, 7) is 0. The van der Waals surface area contributed by atoms with Gasteiger partial charge in [0, 0.05) is 10.0 Å². The number of halogens is 2. The van der Waals surface area contributed by atoms with Gasteiger partial charge in [-0.15, -0.1) is 0 Å². The Labute approximate surface area is 112 Å². The second kappa shape index (κ2) is 4.65. The number of hydrogen-bond acceptors (Lipinski definition) is 3. The highest BCUT2D eigenvalue weighted by molar-refractivity contribution is 9.10. The Balaban J connectivity index is 1.98. The van der Waals surface area contributed by atoms with Crippen molar-refractivity contribution < 1.29 is 9.13 Å². The predicted octanol–water partition coefficient (Wildman–Crippen LogP) is 3.66. The number of fused-ring (bicyclic) bond motifs is 1. The highest BCUT2D eigenvalue weighted by atomic mass is 79.9. The molecule has 0 aliphatic heterocycles. The third-order valence-corrected chi connectivity index (χ3v) is 3.43. The van der Waals surface area contributed by atoms with Crippen LogP contribution in [0.15, 0.2) is 29.0 Å². The molecule has 0 spiro atoms. The summed E-state index contributed by atoms with van der Waals surface area (Å²) in [7, 11) is 0. The minimum absolute atomic E-state index is 0.178. The fourth-order valence-corrected chi connectivity index (χ4v) is 2.42. The fraction of sp³-hybridized carbons (Fsp3) is 0.231. The van der Waals surface area contributed by atoms with Crippen LogP contribution in [0.5, 0.6) is 11.6 Å². The van der Waals surface area contributed by atoms with Gasteiger partial charge in [-0.05, 0) is 37.5 Å². The molecule has 92 valence electrons. The Bertz CT molecular complexity index is 604. The van der Waals surface area contributed by atoms with Crippen LogP contribution in [-0.2, 0) is 12.8 Å². The summed E-state index contributed by atoms with van der Waals surface area (Å²) in [5.41, 5.74) is 2.01. The number of aryl methyl sites for hydroxylation is 1. The third kappa shape index (κ3) is 2.10. The summed E-state index contributed by atoms with van der Waals surface area (Å²) >= 11 is 3.29. The van der Waals surface area contributed by atoms with Crippen molar-refractivity contribution in [2.24, 2.45) is 0 Å². The molecule has 0 N–H and O–H groups in total. The van der Waals surface area contributed by atoms with Gasteiger partial charge in [-0.25, -0.2) is 14.4 Å². The van der Waals surface area contributed by atoms with Crippen molar-refractivity contribution in [3.05, 3.63) is 46.1 Å². The lowest BCUT2D eigenvalue weighted by atomic mass is 10.2. The molecular formula is C13H10BrFN2O. The van der Waals surface area contributed by atoms with Crippen molar-refractivity contribution >= 4 is 15.9 Å². The summed E-state index contributed by atoms with van der Waals surface area (Å²) in [5.74, 6) is 0.246. The number of hydrogen-bond donors (Lipinski definition) is 0. The van der Waals surface area contributed by atoms with E-state index in [9.17, 15) is 4.39 Å². The van der Waals surface area contributed by atoms with E-state index in [2.05, 4.69) is 25.9 Å². The molecule has 1 heterocycles. The molecule has 0 fully saturated rings. The number of rotatable bonds is 2. The second-order valence-corrected chi connectivity index (χ2v) is 5.05. The Morgan fingerprint density at radius 2 is 2.11 bits per heavy atom. The molecule has 1 aliphatic rings. The van der Waals surface area contributed by atoms with Gasteiger partial charge in [0.05, 0.1) is 5.69 Å². The van der Waals surface area contributed by atoms with Crippen LogP contribution in [0.25, 0.3) is 0 Å². The molecule has 0 bridgehead atoms. The first-order chi connectivity index (χ1) is 8.74. The Morgan fingerprint density at radius 3 is 3.00 bits per heavy atom. The third-order valence-electron chi connectivity index (χ3n) is 2.94. The SMILES string of the molecule is Fc1ccc(Br)cc1Oc1ncnc2c1CCC2. The molecule has 0 amide bonds. The van der Waals surface area contributed by atoms with E-state index in [0.717, 1.165) is 35.0 Å².